The minimum Gasteiger partial charge on any atom is -0.383 e. The Hall–Kier alpha value is -1.15. The molecule has 8 heteroatoms. The Bertz CT molecular complexity index is 412. The standard InChI is InChI=1S/C11H17N3O3S.ClH/c1-17-7-6-13-4-5-14-11(16)9-3-2-8(18-9)10(12)15;/h2-3,13H,4-7H2,1H3,(H2,12,15)(H,14,16);1H. The third-order valence-corrected chi connectivity index (χ3v) is 3.24. The van der Waals surface area contributed by atoms with Gasteiger partial charge in [-0.3, -0.25) is 9.59 Å². The highest BCUT2D eigenvalue weighted by Gasteiger charge is 2.10. The monoisotopic (exact) mass is 307 g/mol. The molecule has 1 aromatic rings. The molecule has 0 aromatic carbocycles. The molecule has 0 unspecified atom stereocenters. The van der Waals surface area contributed by atoms with Crippen molar-refractivity contribution in [2.45, 2.75) is 0 Å². The highest BCUT2D eigenvalue weighted by atomic mass is 35.5. The second-order valence-electron chi connectivity index (χ2n) is 3.53. The van der Waals surface area contributed by atoms with Gasteiger partial charge in [0.25, 0.3) is 11.8 Å². The molecule has 0 atom stereocenters. The molecule has 0 aliphatic rings. The number of amides is 2. The number of carbonyl (C=O) groups is 2. The van der Waals surface area contributed by atoms with Crippen LogP contribution in [0.3, 0.4) is 0 Å². The van der Waals surface area contributed by atoms with Crippen molar-refractivity contribution in [3.05, 3.63) is 21.9 Å². The van der Waals surface area contributed by atoms with Crippen molar-refractivity contribution in [1.82, 2.24) is 10.6 Å². The van der Waals surface area contributed by atoms with Crippen LogP contribution >= 0.6 is 23.7 Å². The number of rotatable bonds is 8. The molecule has 0 saturated heterocycles. The zero-order valence-electron chi connectivity index (χ0n) is 10.6. The second-order valence-corrected chi connectivity index (χ2v) is 4.61. The molecule has 1 aromatic heterocycles. The summed E-state index contributed by atoms with van der Waals surface area (Å²) in [4.78, 5) is 23.4. The van der Waals surface area contributed by atoms with Gasteiger partial charge in [-0.1, -0.05) is 0 Å². The van der Waals surface area contributed by atoms with Crippen LogP contribution in [0, 0.1) is 0 Å². The van der Waals surface area contributed by atoms with Crippen LogP contribution in [0.4, 0.5) is 0 Å². The molecule has 0 radical (unpaired) electrons. The molecule has 0 bridgehead atoms. The fourth-order valence-electron chi connectivity index (χ4n) is 1.24. The van der Waals surface area contributed by atoms with E-state index < -0.39 is 5.91 Å². The average molecular weight is 308 g/mol. The van der Waals surface area contributed by atoms with E-state index in [0.717, 1.165) is 17.9 Å². The molecule has 1 rings (SSSR count). The fraction of sp³-hybridized carbons (Fsp3) is 0.455. The van der Waals surface area contributed by atoms with Crippen LogP contribution in [-0.4, -0.2) is 45.2 Å². The minimum atomic E-state index is -0.514. The molecule has 2 amide bonds. The third-order valence-electron chi connectivity index (χ3n) is 2.14. The number of nitrogens with one attached hydrogen (secondary N) is 2. The summed E-state index contributed by atoms with van der Waals surface area (Å²) in [5.41, 5.74) is 5.11. The molecule has 6 nitrogen and oxygen atoms in total. The van der Waals surface area contributed by atoms with Gasteiger partial charge in [-0.2, -0.15) is 0 Å². The lowest BCUT2D eigenvalue weighted by Gasteiger charge is -2.05. The molecule has 0 spiro atoms. The summed E-state index contributed by atoms with van der Waals surface area (Å²) in [7, 11) is 1.64. The molecule has 19 heavy (non-hydrogen) atoms. The van der Waals surface area contributed by atoms with Crippen molar-refractivity contribution in [3.63, 3.8) is 0 Å². The molecular weight excluding hydrogens is 290 g/mol. The first-order valence-corrected chi connectivity index (χ1v) is 6.34. The topological polar surface area (TPSA) is 93.4 Å². The smallest absolute Gasteiger partial charge is 0.261 e. The first kappa shape index (κ1) is 17.8. The van der Waals surface area contributed by atoms with E-state index in [-0.39, 0.29) is 18.3 Å². The minimum absolute atomic E-state index is 0. The second kappa shape index (κ2) is 9.74. The molecule has 108 valence electrons. The Balaban J connectivity index is 0.00000324. The number of halogens is 1. The summed E-state index contributed by atoms with van der Waals surface area (Å²) < 4.78 is 4.87. The van der Waals surface area contributed by atoms with Crippen LogP contribution in [0.1, 0.15) is 19.3 Å². The number of methoxy groups -OCH3 is 1. The quantitative estimate of drug-likeness (QED) is 0.600. The van der Waals surface area contributed by atoms with E-state index in [1.54, 1.807) is 19.2 Å². The first-order chi connectivity index (χ1) is 8.65. The summed E-state index contributed by atoms with van der Waals surface area (Å²) in [6.45, 7) is 2.58. The Labute approximate surface area is 122 Å². The van der Waals surface area contributed by atoms with E-state index in [1.807, 2.05) is 0 Å². The molecule has 1 heterocycles. The number of ether oxygens (including phenoxy) is 1. The maximum absolute atomic E-state index is 11.7. The Kier molecular flexibility index (Phi) is 9.15. The Morgan fingerprint density at radius 1 is 1.26 bits per heavy atom. The lowest BCUT2D eigenvalue weighted by Crippen LogP contribution is -2.32. The van der Waals surface area contributed by atoms with E-state index in [4.69, 9.17) is 10.5 Å². The molecular formula is C11H18ClN3O3S. The largest absolute Gasteiger partial charge is 0.383 e. The van der Waals surface area contributed by atoms with Crippen LogP contribution in [0.2, 0.25) is 0 Å². The number of nitrogens with two attached hydrogens (primary N) is 1. The van der Waals surface area contributed by atoms with Gasteiger partial charge in [-0.15, -0.1) is 23.7 Å². The SMILES string of the molecule is COCCNCCNC(=O)c1ccc(C(N)=O)s1.Cl. The summed E-state index contributed by atoms with van der Waals surface area (Å²) in [6.07, 6.45) is 0. The number of thiophene rings is 1. The van der Waals surface area contributed by atoms with E-state index in [1.165, 1.54) is 0 Å². The summed E-state index contributed by atoms with van der Waals surface area (Å²) in [5.74, 6) is -0.707. The van der Waals surface area contributed by atoms with Crippen molar-refractivity contribution in [2.24, 2.45) is 5.73 Å². The van der Waals surface area contributed by atoms with Crippen molar-refractivity contribution < 1.29 is 14.3 Å². The van der Waals surface area contributed by atoms with Gasteiger partial charge >= 0.3 is 0 Å². The summed E-state index contributed by atoms with van der Waals surface area (Å²) in [6, 6.07) is 3.15. The number of carbonyl (C=O) groups excluding carboxylic acids is 2. The van der Waals surface area contributed by atoms with Gasteiger partial charge < -0.3 is 21.1 Å². The van der Waals surface area contributed by atoms with Crippen LogP contribution in [0.15, 0.2) is 12.1 Å². The number of primary amides is 1. The van der Waals surface area contributed by atoms with Crippen molar-refractivity contribution in [2.75, 3.05) is 33.4 Å². The third kappa shape index (κ3) is 6.53. The van der Waals surface area contributed by atoms with E-state index in [0.29, 0.717) is 29.5 Å². The van der Waals surface area contributed by atoms with Gasteiger partial charge in [0.1, 0.15) is 0 Å². The van der Waals surface area contributed by atoms with Gasteiger partial charge in [0.05, 0.1) is 16.4 Å². The molecule has 0 saturated carbocycles. The summed E-state index contributed by atoms with van der Waals surface area (Å²) >= 11 is 1.09. The van der Waals surface area contributed by atoms with Crippen molar-refractivity contribution in [3.8, 4) is 0 Å². The first-order valence-electron chi connectivity index (χ1n) is 5.52. The van der Waals surface area contributed by atoms with Crippen LogP contribution < -0.4 is 16.4 Å². The average Bonchev–Trinajstić information content (AvgIpc) is 2.83. The van der Waals surface area contributed by atoms with Gasteiger partial charge in [0.15, 0.2) is 0 Å². The number of hydrogen-bond donors (Lipinski definition) is 3. The predicted octanol–water partition coefficient (Wildman–Crippen LogP) is 0.235. The predicted molar refractivity (Wildman–Crippen MR) is 77.2 cm³/mol. The Morgan fingerprint density at radius 3 is 2.53 bits per heavy atom. The zero-order valence-corrected chi connectivity index (χ0v) is 12.2. The zero-order chi connectivity index (χ0) is 13.4. The van der Waals surface area contributed by atoms with E-state index in [9.17, 15) is 9.59 Å². The molecule has 0 aliphatic carbocycles. The molecule has 0 fully saturated rings. The summed E-state index contributed by atoms with van der Waals surface area (Å²) in [5, 5.41) is 5.85. The van der Waals surface area contributed by atoms with Gasteiger partial charge in [0.2, 0.25) is 0 Å². The highest BCUT2D eigenvalue weighted by molar-refractivity contribution is 7.15. The van der Waals surface area contributed by atoms with Gasteiger partial charge in [-0.05, 0) is 12.1 Å². The van der Waals surface area contributed by atoms with Crippen LogP contribution in [0.25, 0.3) is 0 Å². The number of hydrogen-bond acceptors (Lipinski definition) is 5. The normalized spacial score (nSPS) is 9.74. The van der Waals surface area contributed by atoms with Crippen molar-refractivity contribution >= 4 is 35.6 Å². The Morgan fingerprint density at radius 2 is 1.95 bits per heavy atom. The van der Waals surface area contributed by atoms with E-state index >= 15 is 0 Å². The maximum atomic E-state index is 11.7. The lowest BCUT2D eigenvalue weighted by molar-refractivity contribution is 0.0956. The van der Waals surface area contributed by atoms with Crippen LogP contribution in [-0.2, 0) is 4.74 Å². The lowest BCUT2D eigenvalue weighted by atomic mass is 10.4. The van der Waals surface area contributed by atoms with Gasteiger partial charge in [-0.25, -0.2) is 0 Å². The van der Waals surface area contributed by atoms with Crippen LogP contribution in [0.5, 0.6) is 0 Å². The molecule has 0 aliphatic heterocycles. The molecule has 4 N–H and O–H groups in total. The van der Waals surface area contributed by atoms with E-state index in [2.05, 4.69) is 10.6 Å². The highest BCUT2D eigenvalue weighted by Crippen LogP contribution is 2.15. The van der Waals surface area contributed by atoms with Crippen molar-refractivity contribution in [1.29, 1.82) is 0 Å². The fourth-order valence-corrected chi connectivity index (χ4v) is 2.02. The van der Waals surface area contributed by atoms with Gasteiger partial charge in [0, 0.05) is 26.7 Å². The maximum Gasteiger partial charge on any atom is 0.261 e.